The molecule has 0 aliphatic heterocycles. The molecule has 0 unspecified atom stereocenters. The van der Waals surface area contributed by atoms with Crippen LogP contribution in [0.5, 0.6) is 11.6 Å². The van der Waals surface area contributed by atoms with Crippen molar-refractivity contribution in [3.05, 3.63) is 70.1 Å². The molecule has 3 rings (SSSR count). The number of aryl methyl sites for hydroxylation is 1. The van der Waals surface area contributed by atoms with E-state index < -0.39 is 0 Å². The van der Waals surface area contributed by atoms with Crippen LogP contribution in [0.4, 0.5) is 4.39 Å². The number of benzene rings is 1. The molecule has 0 aliphatic carbocycles. The highest BCUT2D eigenvalue weighted by atomic mass is 127. The summed E-state index contributed by atoms with van der Waals surface area (Å²) in [4.78, 5) is 15.1. The molecule has 2 heterocycles. The maximum atomic E-state index is 13.4. The minimum absolute atomic E-state index is 0. The van der Waals surface area contributed by atoms with Gasteiger partial charge in [0.15, 0.2) is 5.96 Å². The van der Waals surface area contributed by atoms with Crippen molar-refractivity contribution in [1.82, 2.24) is 20.2 Å². The standard InChI is InChI=1S/C20H22FN5OS.HI/c1-14-25-17(13-28-14)12-26(3)20(22-2)24-11-15-6-5-9-23-19(15)27-18-8-4-7-16(21)10-18;/h4-10,13H,11-12H2,1-3H3,(H,22,24);1H. The quantitative estimate of drug-likeness (QED) is 0.289. The summed E-state index contributed by atoms with van der Waals surface area (Å²) in [6.07, 6.45) is 1.64. The second-order valence-electron chi connectivity index (χ2n) is 6.14. The van der Waals surface area contributed by atoms with E-state index in [1.165, 1.54) is 12.1 Å². The van der Waals surface area contributed by atoms with Crippen LogP contribution in [0.15, 0.2) is 53.0 Å². The Bertz CT molecular complexity index is 965. The maximum Gasteiger partial charge on any atom is 0.224 e. The predicted octanol–water partition coefficient (Wildman–Crippen LogP) is 4.60. The summed E-state index contributed by atoms with van der Waals surface area (Å²) in [6.45, 7) is 3.11. The normalized spacial score (nSPS) is 11.0. The van der Waals surface area contributed by atoms with Crippen molar-refractivity contribution in [2.75, 3.05) is 14.1 Å². The third kappa shape index (κ3) is 6.64. The molecule has 0 aliphatic rings. The molecule has 2 aromatic heterocycles. The van der Waals surface area contributed by atoms with Crippen LogP contribution in [0.2, 0.25) is 0 Å². The highest BCUT2D eigenvalue weighted by molar-refractivity contribution is 14.0. The number of hydrogen-bond donors (Lipinski definition) is 1. The second kappa shape index (κ2) is 11.1. The van der Waals surface area contributed by atoms with E-state index in [1.807, 2.05) is 36.4 Å². The van der Waals surface area contributed by atoms with Crippen molar-refractivity contribution in [2.45, 2.75) is 20.0 Å². The summed E-state index contributed by atoms with van der Waals surface area (Å²) in [5.41, 5.74) is 1.84. The molecule has 0 amide bonds. The predicted molar refractivity (Wildman–Crippen MR) is 125 cm³/mol. The molecule has 3 aromatic rings. The largest absolute Gasteiger partial charge is 0.439 e. The van der Waals surface area contributed by atoms with E-state index in [4.69, 9.17) is 4.74 Å². The van der Waals surface area contributed by atoms with Crippen molar-refractivity contribution >= 4 is 41.3 Å². The zero-order chi connectivity index (χ0) is 19.9. The number of thiazole rings is 1. The van der Waals surface area contributed by atoms with Gasteiger partial charge in [-0.15, -0.1) is 35.3 Å². The summed E-state index contributed by atoms with van der Waals surface area (Å²) in [7, 11) is 3.69. The second-order valence-corrected chi connectivity index (χ2v) is 7.20. The highest BCUT2D eigenvalue weighted by Gasteiger charge is 2.11. The van der Waals surface area contributed by atoms with E-state index in [1.54, 1.807) is 36.7 Å². The molecule has 0 saturated carbocycles. The Balaban J connectivity index is 0.00000300. The lowest BCUT2D eigenvalue weighted by molar-refractivity contribution is 0.446. The molecule has 0 saturated heterocycles. The fourth-order valence-electron chi connectivity index (χ4n) is 2.65. The van der Waals surface area contributed by atoms with Crippen molar-refractivity contribution in [2.24, 2.45) is 4.99 Å². The van der Waals surface area contributed by atoms with Gasteiger partial charge in [-0.25, -0.2) is 14.4 Å². The summed E-state index contributed by atoms with van der Waals surface area (Å²) >= 11 is 1.63. The average Bonchev–Trinajstić information content (AvgIpc) is 3.08. The molecule has 1 N–H and O–H groups in total. The molecule has 0 bridgehead atoms. The van der Waals surface area contributed by atoms with Gasteiger partial charge in [0, 0.05) is 43.8 Å². The third-order valence-electron chi connectivity index (χ3n) is 3.94. The van der Waals surface area contributed by atoms with Crippen LogP contribution in [-0.4, -0.2) is 34.9 Å². The van der Waals surface area contributed by atoms with Gasteiger partial charge in [-0.3, -0.25) is 4.99 Å². The third-order valence-corrected chi connectivity index (χ3v) is 4.76. The Morgan fingerprint density at radius 2 is 2.14 bits per heavy atom. The van der Waals surface area contributed by atoms with Crippen molar-refractivity contribution in [3.8, 4) is 11.6 Å². The van der Waals surface area contributed by atoms with Crippen molar-refractivity contribution in [1.29, 1.82) is 0 Å². The first-order chi connectivity index (χ1) is 13.5. The van der Waals surface area contributed by atoms with E-state index >= 15 is 0 Å². The number of aliphatic imine (C=N–C) groups is 1. The Morgan fingerprint density at radius 3 is 2.83 bits per heavy atom. The number of guanidine groups is 1. The van der Waals surface area contributed by atoms with Crippen LogP contribution in [0.3, 0.4) is 0 Å². The number of rotatable bonds is 6. The van der Waals surface area contributed by atoms with E-state index in [0.717, 1.165) is 22.2 Å². The molecule has 154 valence electrons. The van der Waals surface area contributed by atoms with Crippen molar-refractivity contribution < 1.29 is 9.13 Å². The zero-order valence-electron chi connectivity index (χ0n) is 16.4. The van der Waals surface area contributed by atoms with Crippen molar-refractivity contribution in [3.63, 3.8) is 0 Å². The minimum Gasteiger partial charge on any atom is -0.439 e. The number of pyridine rings is 1. The summed E-state index contributed by atoms with van der Waals surface area (Å²) in [5.74, 6) is 1.20. The van der Waals surface area contributed by atoms with Crippen LogP contribution in [0.25, 0.3) is 0 Å². The van der Waals surface area contributed by atoms with Crippen LogP contribution in [-0.2, 0) is 13.1 Å². The van der Waals surface area contributed by atoms with E-state index in [9.17, 15) is 4.39 Å². The van der Waals surface area contributed by atoms with Crippen LogP contribution < -0.4 is 10.1 Å². The highest BCUT2D eigenvalue weighted by Crippen LogP contribution is 2.23. The number of hydrogen-bond acceptors (Lipinski definition) is 5. The van der Waals surface area contributed by atoms with E-state index in [0.29, 0.717) is 24.7 Å². The first-order valence-corrected chi connectivity index (χ1v) is 9.63. The summed E-state index contributed by atoms with van der Waals surface area (Å²) in [6, 6.07) is 9.73. The van der Waals surface area contributed by atoms with Crippen LogP contribution in [0.1, 0.15) is 16.3 Å². The molecule has 0 fully saturated rings. The van der Waals surface area contributed by atoms with Gasteiger partial charge in [-0.2, -0.15) is 0 Å². The Hall–Kier alpha value is -2.27. The molecule has 0 spiro atoms. The van der Waals surface area contributed by atoms with Gasteiger partial charge in [0.2, 0.25) is 5.88 Å². The molecule has 0 radical (unpaired) electrons. The van der Waals surface area contributed by atoms with Gasteiger partial charge < -0.3 is 15.0 Å². The molecule has 29 heavy (non-hydrogen) atoms. The van der Waals surface area contributed by atoms with E-state index in [2.05, 4.69) is 20.3 Å². The molecule has 9 heteroatoms. The topological polar surface area (TPSA) is 62.6 Å². The molecule has 1 aromatic carbocycles. The average molecular weight is 527 g/mol. The number of aromatic nitrogens is 2. The van der Waals surface area contributed by atoms with Gasteiger partial charge in [-0.1, -0.05) is 12.1 Å². The molecule has 6 nitrogen and oxygen atoms in total. The van der Waals surface area contributed by atoms with Gasteiger partial charge in [0.25, 0.3) is 0 Å². The smallest absolute Gasteiger partial charge is 0.224 e. The van der Waals surface area contributed by atoms with E-state index in [-0.39, 0.29) is 29.8 Å². The van der Waals surface area contributed by atoms with Crippen LogP contribution >= 0.6 is 35.3 Å². The molecular formula is C20H23FIN5OS. The fourth-order valence-corrected chi connectivity index (χ4v) is 3.25. The lowest BCUT2D eigenvalue weighted by Crippen LogP contribution is -2.38. The lowest BCUT2D eigenvalue weighted by atomic mass is 10.2. The monoisotopic (exact) mass is 527 g/mol. The first-order valence-electron chi connectivity index (χ1n) is 8.75. The Labute approximate surface area is 190 Å². The number of nitrogens with one attached hydrogen (secondary N) is 1. The Kier molecular flexibility index (Phi) is 8.77. The number of halogens is 2. The van der Waals surface area contributed by atoms with Gasteiger partial charge in [-0.05, 0) is 25.1 Å². The molecular weight excluding hydrogens is 504 g/mol. The number of nitrogens with zero attached hydrogens (tertiary/aromatic N) is 4. The SMILES string of the molecule is CN=C(NCc1cccnc1Oc1cccc(F)c1)N(C)Cc1csc(C)n1.I. The molecule has 0 atom stereocenters. The fraction of sp³-hybridized carbons (Fsp3) is 0.250. The minimum atomic E-state index is -0.354. The van der Waals surface area contributed by atoms with Crippen LogP contribution in [0, 0.1) is 12.7 Å². The summed E-state index contributed by atoms with van der Waals surface area (Å²) < 4.78 is 19.2. The summed E-state index contributed by atoms with van der Waals surface area (Å²) in [5, 5.41) is 6.40. The zero-order valence-corrected chi connectivity index (χ0v) is 19.6. The van der Waals surface area contributed by atoms with Gasteiger partial charge in [0.1, 0.15) is 11.6 Å². The van der Waals surface area contributed by atoms with Gasteiger partial charge >= 0.3 is 0 Å². The first kappa shape index (κ1) is 23.0. The Morgan fingerprint density at radius 1 is 1.31 bits per heavy atom. The number of ether oxygens (including phenoxy) is 1. The lowest BCUT2D eigenvalue weighted by Gasteiger charge is -2.21. The van der Waals surface area contributed by atoms with Gasteiger partial charge in [0.05, 0.1) is 17.2 Å². The maximum absolute atomic E-state index is 13.4.